The minimum Gasteiger partial charge on any atom is -0.366 e. The topological polar surface area (TPSA) is 29.3 Å². The van der Waals surface area contributed by atoms with Gasteiger partial charge in [0.15, 0.2) is 0 Å². The summed E-state index contributed by atoms with van der Waals surface area (Å²) in [7, 11) is 1.95. The van der Waals surface area contributed by atoms with Crippen molar-refractivity contribution < 1.29 is 4.39 Å². The Labute approximate surface area is 120 Å². The van der Waals surface area contributed by atoms with E-state index in [2.05, 4.69) is 26.0 Å². The molecule has 2 aromatic rings. The fourth-order valence-corrected chi connectivity index (χ4v) is 2.50. The molecule has 1 unspecified atom stereocenters. The van der Waals surface area contributed by atoms with Gasteiger partial charge in [-0.15, -0.1) is 0 Å². The summed E-state index contributed by atoms with van der Waals surface area (Å²) >= 11 is 0. The maximum Gasteiger partial charge on any atom is 0.125 e. The van der Waals surface area contributed by atoms with E-state index in [0.29, 0.717) is 6.54 Å². The Kier molecular flexibility index (Phi) is 4.40. The number of aryl methyl sites for hydroxylation is 1. The van der Waals surface area contributed by atoms with Crippen LogP contribution >= 0.6 is 0 Å². The van der Waals surface area contributed by atoms with Crippen molar-refractivity contribution in [2.24, 2.45) is 5.73 Å². The minimum absolute atomic E-state index is 0.0386. The van der Waals surface area contributed by atoms with Crippen LogP contribution in [0.3, 0.4) is 0 Å². The average molecular weight is 272 g/mol. The molecule has 0 radical (unpaired) electrons. The number of anilines is 1. The first-order valence-electron chi connectivity index (χ1n) is 6.79. The van der Waals surface area contributed by atoms with Crippen molar-refractivity contribution >= 4 is 5.69 Å². The molecule has 0 saturated carbocycles. The molecule has 0 aliphatic heterocycles. The summed E-state index contributed by atoms with van der Waals surface area (Å²) in [5.74, 6) is -0.230. The van der Waals surface area contributed by atoms with E-state index < -0.39 is 0 Å². The van der Waals surface area contributed by atoms with Gasteiger partial charge in [0.05, 0.1) is 6.04 Å². The highest BCUT2D eigenvalue weighted by Gasteiger charge is 2.18. The van der Waals surface area contributed by atoms with Crippen LogP contribution in [0.5, 0.6) is 0 Å². The molecule has 2 rings (SSSR count). The molecule has 20 heavy (non-hydrogen) atoms. The van der Waals surface area contributed by atoms with Gasteiger partial charge in [0, 0.05) is 19.3 Å². The van der Waals surface area contributed by atoms with Crippen LogP contribution in [0.15, 0.2) is 42.5 Å². The number of nitrogens with two attached hydrogens (primary N) is 1. The fourth-order valence-electron chi connectivity index (χ4n) is 2.50. The van der Waals surface area contributed by atoms with Crippen molar-refractivity contribution in [1.29, 1.82) is 0 Å². The van der Waals surface area contributed by atoms with Crippen LogP contribution in [0.25, 0.3) is 0 Å². The van der Waals surface area contributed by atoms with E-state index in [1.54, 1.807) is 6.07 Å². The predicted octanol–water partition coefficient (Wildman–Crippen LogP) is 3.58. The molecule has 2 aromatic carbocycles. The molecule has 0 amide bonds. The Balaban J connectivity index is 2.39. The van der Waals surface area contributed by atoms with Gasteiger partial charge in [0.1, 0.15) is 5.82 Å². The molecule has 0 fully saturated rings. The summed E-state index contributed by atoms with van der Waals surface area (Å²) in [6, 6.07) is 12.9. The molecule has 0 bridgehead atoms. The summed E-state index contributed by atoms with van der Waals surface area (Å²) < 4.78 is 13.4. The van der Waals surface area contributed by atoms with E-state index in [1.165, 1.54) is 28.8 Å². The number of benzene rings is 2. The lowest BCUT2D eigenvalue weighted by atomic mass is 9.96. The van der Waals surface area contributed by atoms with E-state index in [0.717, 1.165) is 5.69 Å². The van der Waals surface area contributed by atoms with Gasteiger partial charge in [0.25, 0.3) is 0 Å². The second-order valence-corrected chi connectivity index (χ2v) is 5.13. The zero-order valence-corrected chi connectivity index (χ0v) is 12.2. The van der Waals surface area contributed by atoms with E-state index in [4.69, 9.17) is 5.73 Å². The number of hydrogen-bond acceptors (Lipinski definition) is 2. The molecule has 0 spiro atoms. The normalized spacial score (nSPS) is 12.2. The Morgan fingerprint density at radius 1 is 1.15 bits per heavy atom. The van der Waals surface area contributed by atoms with Crippen LogP contribution in [-0.2, 0) is 0 Å². The molecule has 1 atom stereocenters. The fraction of sp³-hybridized carbons (Fsp3) is 0.294. The zero-order valence-electron chi connectivity index (χ0n) is 12.2. The van der Waals surface area contributed by atoms with E-state index in [9.17, 15) is 4.39 Å². The number of likely N-dealkylation sites (N-methyl/N-ethyl adjacent to an activating group) is 1. The summed E-state index contributed by atoms with van der Waals surface area (Å²) in [4.78, 5) is 2.03. The van der Waals surface area contributed by atoms with E-state index in [1.807, 2.05) is 24.1 Å². The quantitative estimate of drug-likeness (QED) is 0.921. The Morgan fingerprint density at radius 3 is 2.50 bits per heavy atom. The predicted molar refractivity (Wildman–Crippen MR) is 82.5 cm³/mol. The SMILES string of the molecule is Cc1cccc(C(CN)N(C)c2cccc(F)c2)c1C. The second kappa shape index (κ2) is 6.06. The first-order chi connectivity index (χ1) is 9.54. The smallest absolute Gasteiger partial charge is 0.125 e. The van der Waals surface area contributed by atoms with Crippen molar-refractivity contribution in [2.75, 3.05) is 18.5 Å². The molecule has 0 aliphatic rings. The molecule has 0 aromatic heterocycles. The van der Waals surface area contributed by atoms with Crippen molar-refractivity contribution in [2.45, 2.75) is 19.9 Å². The molecule has 106 valence electrons. The Morgan fingerprint density at radius 2 is 1.85 bits per heavy atom. The lowest BCUT2D eigenvalue weighted by Crippen LogP contribution is -2.31. The van der Waals surface area contributed by atoms with Gasteiger partial charge in [-0.2, -0.15) is 0 Å². The van der Waals surface area contributed by atoms with Crippen LogP contribution in [-0.4, -0.2) is 13.6 Å². The number of hydrogen-bond donors (Lipinski definition) is 1. The van der Waals surface area contributed by atoms with E-state index in [-0.39, 0.29) is 11.9 Å². The number of rotatable bonds is 4. The number of nitrogens with zero attached hydrogens (tertiary/aromatic N) is 1. The van der Waals surface area contributed by atoms with E-state index >= 15 is 0 Å². The molecule has 2 nitrogen and oxygen atoms in total. The molecule has 0 aliphatic carbocycles. The van der Waals surface area contributed by atoms with Crippen molar-refractivity contribution in [3.63, 3.8) is 0 Å². The van der Waals surface area contributed by atoms with Crippen LogP contribution in [0.1, 0.15) is 22.7 Å². The molecule has 0 saturated heterocycles. The van der Waals surface area contributed by atoms with Crippen molar-refractivity contribution in [3.05, 3.63) is 65.0 Å². The third-order valence-corrected chi connectivity index (χ3v) is 3.91. The first-order valence-corrected chi connectivity index (χ1v) is 6.79. The van der Waals surface area contributed by atoms with Gasteiger partial charge in [-0.3, -0.25) is 0 Å². The van der Waals surface area contributed by atoms with Gasteiger partial charge in [-0.25, -0.2) is 4.39 Å². The molecule has 0 heterocycles. The maximum atomic E-state index is 13.4. The molecular formula is C17H21FN2. The van der Waals surface area contributed by atoms with Gasteiger partial charge in [0.2, 0.25) is 0 Å². The van der Waals surface area contributed by atoms with Gasteiger partial charge < -0.3 is 10.6 Å². The van der Waals surface area contributed by atoms with Crippen LogP contribution in [0.2, 0.25) is 0 Å². The van der Waals surface area contributed by atoms with Gasteiger partial charge >= 0.3 is 0 Å². The summed E-state index contributed by atoms with van der Waals surface area (Å²) in [5, 5.41) is 0. The third-order valence-electron chi connectivity index (χ3n) is 3.91. The summed E-state index contributed by atoms with van der Waals surface area (Å²) in [6.45, 7) is 4.68. The monoisotopic (exact) mass is 272 g/mol. The lowest BCUT2D eigenvalue weighted by Gasteiger charge is -2.31. The average Bonchev–Trinajstić information content (AvgIpc) is 2.44. The minimum atomic E-state index is -0.230. The van der Waals surface area contributed by atoms with Gasteiger partial charge in [-0.1, -0.05) is 24.3 Å². The second-order valence-electron chi connectivity index (χ2n) is 5.13. The Hall–Kier alpha value is -1.87. The van der Waals surface area contributed by atoms with Crippen LogP contribution in [0, 0.1) is 19.7 Å². The van der Waals surface area contributed by atoms with Crippen molar-refractivity contribution in [3.8, 4) is 0 Å². The maximum absolute atomic E-state index is 13.4. The van der Waals surface area contributed by atoms with Crippen LogP contribution in [0.4, 0.5) is 10.1 Å². The lowest BCUT2D eigenvalue weighted by molar-refractivity contribution is 0.622. The Bertz CT molecular complexity index is 595. The van der Waals surface area contributed by atoms with Crippen LogP contribution < -0.4 is 10.6 Å². The molecule has 3 heteroatoms. The molecular weight excluding hydrogens is 251 g/mol. The molecule has 2 N–H and O–H groups in total. The summed E-state index contributed by atoms with van der Waals surface area (Å²) in [5.41, 5.74) is 10.5. The first kappa shape index (κ1) is 14.5. The highest BCUT2D eigenvalue weighted by Crippen LogP contribution is 2.28. The van der Waals surface area contributed by atoms with Gasteiger partial charge in [-0.05, 0) is 48.7 Å². The zero-order chi connectivity index (χ0) is 14.7. The van der Waals surface area contributed by atoms with Crippen molar-refractivity contribution in [1.82, 2.24) is 0 Å². The standard InChI is InChI=1S/C17H21FN2/c1-12-6-4-9-16(13(12)2)17(11-19)20(3)15-8-5-7-14(18)10-15/h4-10,17H,11,19H2,1-3H3. The largest absolute Gasteiger partial charge is 0.366 e. The number of halogens is 1. The highest BCUT2D eigenvalue weighted by molar-refractivity contribution is 5.50. The summed E-state index contributed by atoms with van der Waals surface area (Å²) in [6.07, 6.45) is 0. The highest BCUT2D eigenvalue weighted by atomic mass is 19.1. The third kappa shape index (κ3) is 2.83.